The number of nitrogens with one attached hydrogen (secondary N) is 1. The highest BCUT2D eigenvalue weighted by Gasteiger charge is 2.23. The minimum Gasteiger partial charge on any atom is -0.353 e. The van der Waals surface area contributed by atoms with E-state index in [2.05, 4.69) is 34.5 Å². The molecule has 23 heavy (non-hydrogen) atoms. The van der Waals surface area contributed by atoms with Gasteiger partial charge in [-0.15, -0.1) is 0 Å². The van der Waals surface area contributed by atoms with Crippen LogP contribution >= 0.6 is 0 Å². The van der Waals surface area contributed by atoms with Crippen molar-refractivity contribution < 1.29 is 4.79 Å². The quantitative estimate of drug-likeness (QED) is 0.902. The van der Waals surface area contributed by atoms with Gasteiger partial charge in [-0.1, -0.05) is 31.2 Å². The Kier molecular flexibility index (Phi) is 5.71. The van der Waals surface area contributed by atoms with E-state index in [0.717, 1.165) is 12.5 Å². The first-order valence-electron chi connectivity index (χ1n) is 9.33. The van der Waals surface area contributed by atoms with Gasteiger partial charge in [-0.25, -0.2) is 0 Å². The third kappa shape index (κ3) is 4.57. The third-order valence-corrected chi connectivity index (χ3v) is 5.60. The number of rotatable bonds is 5. The maximum absolute atomic E-state index is 11.5. The Bertz CT molecular complexity index is 520. The van der Waals surface area contributed by atoms with Gasteiger partial charge in [-0.2, -0.15) is 0 Å². The van der Waals surface area contributed by atoms with Crippen LogP contribution in [0.3, 0.4) is 0 Å². The monoisotopic (exact) mass is 314 g/mol. The Balaban J connectivity index is 1.38. The standard InChI is InChI=1S/C20H30N2O/c1-2-20(23)21-19-9-7-16(8-10-19)11-13-22-14-12-17-5-3-4-6-18(17)15-22/h3-6,16,19H,2,7-15H2,1H3,(H,21,23). The fourth-order valence-corrected chi connectivity index (χ4v) is 4.04. The number of hydrogen-bond donors (Lipinski definition) is 1. The molecule has 2 aliphatic rings. The van der Waals surface area contributed by atoms with E-state index in [1.165, 1.54) is 62.7 Å². The second-order valence-electron chi connectivity index (χ2n) is 7.22. The molecular weight excluding hydrogens is 284 g/mol. The summed E-state index contributed by atoms with van der Waals surface area (Å²) in [5.41, 5.74) is 3.06. The largest absolute Gasteiger partial charge is 0.353 e. The molecule has 0 unspecified atom stereocenters. The number of carbonyl (C=O) groups is 1. The number of fused-ring (bicyclic) bond motifs is 1. The lowest BCUT2D eigenvalue weighted by Crippen LogP contribution is -2.38. The third-order valence-electron chi connectivity index (χ3n) is 5.60. The Morgan fingerprint density at radius 3 is 2.65 bits per heavy atom. The van der Waals surface area contributed by atoms with Gasteiger partial charge in [0.2, 0.25) is 5.91 Å². The predicted octanol–water partition coefficient (Wildman–Crippen LogP) is 3.52. The molecule has 1 fully saturated rings. The normalized spacial score (nSPS) is 24.9. The van der Waals surface area contributed by atoms with Crippen LogP contribution in [-0.4, -0.2) is 29.9 Å². The molecule has 0 radical (unpaired) electrons. The smallest absolute Gasteiger partial charge is 0.219 e. The highest BCUT2D eigenvalue weighted by molar-refractivity contribution is 5.75. The van der Waals surface area contributed by atoms with Crippen LogP contribution in [0.2, 0.25) is 0 Å². The predicted molar refractivity (Wildman–Crippen MR) is 94.2 cm³/mol. The molecule has 1 saturated carbocycles. The zero-order valence-electron chi connectivity index (χ0n) is 14.4. The topological polar surface area (TPSA) is 32.3 Å². The lowest BCUT2D eigenvalue weighted by Gasteiger charge is -2.33. The van der Waals surface area contributed by atoms with Gasteiger partial charge in [0.1, 0.15) is 0 Å². The van der Waals surface area contributed by atoms with Crippen molar-refractivity contribution in [2.45, 2.75) is 64.5 Å². The van der Waals surface area contributed by atoms with Gasteiger partial charge >= 0.3 is 0 Å². The molecule has 0 bridgehead atoms. The molecule has 0 aromatic heterocycles. The molecule has 3 rings (SSSR count). The Hall–Kier alpha value is -1.35. The van der Waals surface area contributed by atoms with Crippen LogP contribution in [0.25, 0.3) is 0 Å². The summed E-state index contributed by atoms with van der Waals surface area (Å²) in [4.78, 5) is 14.1. The summed E-state index contributed by atoms with van der Waals surface area (Å²) < 4.78 is 0. The minimum absolute atomic E-state index is 0.209. The maximum atomic E-state index is 11.5. The van der Waals surface area contributed by atoms with E-state index in [0.29, 0.717) is 12.5 Å². The lowest BCUT2D eigenvalue weighted by molar-refractivity contribution is -0.121. The van der Waals surface area contributed by atoms with Gasteiger partial charge in [0.25, 0.3) is 0 Å². The second kappa shape index (κ2) is 7.96. The van der Waals surface area contributed by atoms with Gasteiger partial charge in [0.05, 0.1) is 0 Å². The molecule has 1 heterocycles. The van der Waals surface area contributed by atoms with E-state index in [9.17, 15) is 4.79 Å². The van der Waals surface area contributed by atoms with Crippen molar-refractivity contribution in [3.05, 3.63) is 35.4 Å². The van der Waals surface area contributed by atoms with Gasteiger partial charge in [-0.3, -0.25) is 9.69 Å². The fraction of sp³-hybridized carbons (Fsp3) is 0.650. The van der Waals surface area contributed by atoms with Crippen LogP contribution in [0.1, 0.15) is 56.6 Å². The van der Waals surface area contributed by atoms with Crippen molar-refractivity contribution >= 4 is 5.91 Å². The summed E-state index contributed by atoms with van der Waals surface area (Å²) in [6, 6.07) is 9.31. The molecule has 0 saturated heterocycles. The molecule has 3 heteroatoms. The first kappa shape index (κ1) is 16.5. The molecule has 1 N–H and O–H groups in total. The van der Waals surface area contributed by atoms with Crippen molar-refractivity contribution in [2.24, 2.45) is 5.92 Å². The van der Waals surface area contributed by atoms with Crippen LogP contribution in [0.5, 0.6) is 0 Å². The van der Waals surface area contributed by atoms with Gasteiger partial charge in [0.15, 0.2) is 0 Å². The summed E-state index contributed by atoms with van der Waals surface area (Å²) in [6.07, 6.45) is 8.01. The van der Waals surface area contributed by atoms with E-state index < -0.39 is 0 Å². The van der Waals surface area contributed by atoms with Crippen molar-refractivity contribution in [3.63, 3.8) is 0 Å². The zero-order valence-corrected chi connectivity index (χ0v) is 14.4. The van der Waals surface area contributed by atoms with Crippen molar-refractivity contribution in [3.8, 4) is 0 Å². The highest BCUT2D eigenvalue weighted by atomic mass is 16.1. The SMILES string of the molecule is CCC(=O)NC1CCC(CCN2CCc3ccccc3C2)CC1. The number of nitrogens with zero attached hydrogens (tertiary/aromatic N) is 1. The average Bonchev–Trinajstić information content (AvgIpc) is 2.61. The van der Waals surface area contributed by atoms with E-state index in [-0.39, 0.29) is 5.91 Å². The summed E-state index contributed by atoms with van der Waals surface area (Å²) in [6.45, 7) is 5.49. The van der Waals surface area contributed by atoms with Crippen molar-refractivity contribution in [1.29, 1.82) is 0 Å². The average molecular weight is 314 g/mol. The van der Waals surface area contributed by atoms with Gasteiger partial charge in [0, 0.05) is 25.6 Å². The molecule has 1 aromatic carbocycles. The Labute approximate surface area is 140 Å². The molecule has 3 nitrogen and oxygen atoms in total. The number of amides is 1. The summed E-state index contributed by atoms with van der Waals surface area (Å²) in [7, 11) is 0. The second-order valence-corrected chi connectivity index (χ2v) is 7.22. The highest BCUT2D eigenvalue weighted by Crippen LogP contribution is 2.28. The molecule has 1 amide bonds. The van der Waals surface area contributed by atoms with E-state index in [4.69, 9.17) is 0 Å². The molecule has 1 aliphatic heterocycles. The number of carbonyl (C=O) groups excluding carboxylic acids is 1. The van der Waals surface area contributed by atoms with Crippen LogP contribution in [0, 0.1) is 5.92 Å². The molecule has 0 spiro atoms. The van der Waals surface area contributed by atoms with Crippen LogP contribution < -0.4 is 5.32 Å². The fourth-order valence-electron chi connectivity index (χ4n) is 4.04. The lowest BCUT2D eigenvalue weighted by atomic mass is 9.84. The minimum atomic E-state index is 0.209. The summed E-state index contributed by atoms with van der Waals surface area (Å²) >= 11 is 0. The van der Waals surface area contributed by atoms with Crippen LogP contribution in [-0.2, 0) is 17.8 Å². The van der Waals surface area contributed by atoms with Gasteiger partial charge < -0.3 is 5.32 Å². The first-order chi connectivity index (χ1) is 11.2. The summed E-state index contributed by atoms with van der Waals surface area (Å²) in [5, 5.41) is 3.16. The maximum Gasteiger partial charge on any atom is 0.219 e. The van der Waals surface area contributed by atoms with Crippen LogP contribution in [0.4, 0.5) is 0 Å². The summed E-state index contributed by atoms with van der Waals surface area (Å²) in [5.74, 6) is 1.06. The molecule has 0 atom stereocenters. The van der Waals surface area contributed by atoms with Crippen LogP contribution in [0.15, 0.2) is 24.3 Å². The molecular formula is C20H30N2O. The molecule has 1 aromatic rings. The molecule has 126 valence electrons. The Morgan fingerprint density at radius 1 is 1.17 bits per heavy atom. The number of benzene rings is 1. The number of hydrogen-bond acceptors (Lipinski definition) is 2. The van der Waals surface area contributed by atoms with E-state index >= 15 is 0 Å². The Morgan fingerprint density at radius 2 is 1.91 bits per heavy atom. The van der Waals surface area contributed by atoms with Crippen molar-refractivity contribution in [2.75, 3.05) is 13.1 Å². The van der Waals surface area contributed by atoms with E-state index in [1.807, 2.05) is 6.92 Å². The van der Waals surface area contributed by atoms with Gasteiger partial charge in [-0.05, 0) is 62.1 Å². The van der Waals surface area contributed by atoms with Crippen molar-refractivity contribution in [1.82, 2.24) is 10.2 Å². The van der Waals surface area contributed by atoms with E-state index in [1.54, 1.807) is 0 Å². The first-order valence-corrected chi connectivity index (χ1v) is 9.33. The molecule has 1 aliphatic carbocycles. The zero-order chi connectivity index (χ0) is 16.1.